The first-order valence-corrected chi connectivity index (χ1v) is 10.5. The van der Waals surface area contributed by atoms with Crippen molar-refractivity contribution in [1.29, 1.82) is 5.41 Å². The second kappa shape index (κ2) is 9.63. The molecule has 28 heavy (non-hydrogen) atoms. The predicted octanol–water partition coefficient (Wildman–Crippen LogP) is 4.06. The van der Waals surface area contributed by atoms with Crippen molar-refractivity contribution < 1.29 is 9.90 Å². The Balaban J connectivity index is 2.37. The summed E-state index contributed by atoms with van der Waals surface area (Å²) in [5.41, 5.74) is 1.64. The molecule has 0 heterocycles. The summed E-state index contributed by atoms with van der Waals surface area (Å²) in [5.74, 6) is 0.0807. The van der Waals surface area contributed by atoms with Crippen molar-refractivity contribution in [2.75, 3.05) is 13.7 Å². The highest BCUT2D eigenvalue weighted by molar-refractivity contribution is 9.09. The summed E-state index contributed by atoms with van der Waals surface area (Å²) in [4.78, 5) is 13.9. The Bertz CT molecular complexity index is 851. The lowest BCUT2D eigenvalue weighted by Crippen LogP contribution is -2.45. The summed E-state index contributed by atoms with van der Waals surface area (Å²) >= 11 is 3.59. The summed E-state index contributed by atoms with van der Waals surface area (Å²) < 4.78 is 0. The normalized spacial score (nSPS) is 12.8. The first-order valence-electron chi connectivity index (χ1n) is 9.54. The summed E-state index contributed by atoms with van der Waals surface area (Å²) in [6.07, 6.45) is 1.22. The van der Waals surface area contributed by atoms with Crippen LogP contribution in [0.5, 0.6) is 0 Å². The van der Waals surface area contributed by atoms with Crippen LogP contribution >= 0.6 is 15.9 Å². The number of rotatable bonds is 9. The first kappa shape index (κ1) is 22.5. The highest BCUT2D eigenvalue weighted by Crippen LogP contribution is 2.28. The number of ketones is 1. The number of aliphatic hydroxyl groups is 1. The van der Waals surface area contributed by atoms with Crippen molar-refractivity contribution in [3.05, 3.63) is 47.5 Å². The first-order chi connectivity index (χ1) is 13.2. The topological polar surface area (TPSA) is 76.4 Å². The third-order valence-corrected chi connectivity index (χ3v) is 6.14. The number of Topliss-reactive ketones (excluding diaryl/α,β-unsaturated/α-hetero) is 1. The average molecular weight is 448 g/mol. The average Bonchev–Trinajstić information content (AvgIpc) is 2.70. The quantitative estimate of drug-likeness (QED) is 0.178. The number of hydrogen-bond donors (Lipinski definition) is 3. The summed E-state index contributed by atoms with van der Waals surface area (Å²) in [6.45, 7) is 5.72. The molecule has 152 valence electrons. The lowest BCUT2D eigenvalue weighted by Gasteiger charge is -2.33. The van der Waals surface area contributed by atoms with Gasteiger partial charge in [-0.2, -0.15) is 0 Å². The number of nitrogens with one attached hydrogen (secondary N) is 2. The van der Waals surface area contributed by atoms with Crippen molar-refractivity contribution >= 4 is 38.3 Å². The number of hydrogen-bond acceptors (Lipinski definition) is 4. The van der Waals surface area contributed by atoms with Gasteiger partial charge < -0.3 is 10.0 Å². The van der Waals surface area contributed by atoms with Gasteiger partial charge >= 0.3 is 0 Å². The number of carbonyl (C=O) groups is 1. The molecule has 0 saturated heterocycles. The van der Waals surface area contributed by atoms with E-state index < -0.39 is 12.0 Å². The second-order valence-corrected chi connectivity index (χ2v) is 8.49. The van der Waals surface area contributed by atoms with Crippen molar-refractivity contribution in [1.82, 2.24) is 10.2 Å². The third-order valence-electron chi connectivity index (χ3n) is 5.19. The number of halogens is 1. The number of fused-ring (bicyclic) bond motifs is 1. The minimum absolute atomic E-state index is 0.246. The molecule has 0 fully saturated rings. The van der Waals surface area contributed by atoms with E-state index in [9.17, 15) is 9.90 Å². The molecule has 3 N–H and O–H groups in total. The number of alkyl halides is 1. The van der Waals surface area contributed by atoms with E-state index in [1.807, 2.05) is 18.0 Å². The molecule has 1 unspecified atom stereocenters. The molecule has 2 aromatic rings. The molecule has 0 aliphatic carbocycles. The van der Waals surface area contributed by atoms with Crippen LogP contribution in [0.15, 0.2) is 36.4 Å². The van der Waals surface area contributed by atoms with Crippen molar-refractivity contribution in [3.8, 4) is 0 Å². The zero-order valence-electron chi connectivity index (χ0n) is 17.1. The third kappa shape index (κ3) is 4.99. The molecule has 0 aromatic heterocycles. The van der Waals surface area contributed by atoms with Crippen LogP contribution in [0, 0.1) is 10.8 Å². The smallest absolute Gasteiger partial charge is 0.164 e. The van der Waals surface area contributed by atoms with Gasteiger partial charge in [-0.05, 0) is 51.3 Å². The summed E-state index contributed by atoms with van der Waals surface area (Å²) in [7, 11) is 1.82. The van der Waals surface area contributed by atoms with Crippen LogP contribution in [-0.4, -0.2) is 40.4 Å². The summed E-state index contributed by atoms with van der Waals surface area (Å²) in [6, 6.07) is 12.6. The SMILES string of the molecule is CCc1ccc(CN(C(=N)CC(C)(C)C(=O)CO)C(Br)NC)c2ccccc12. The summed E-state index contributed by atoms with van der Waals surface area (Å²) in [5, 5.41) is 23.2. The van der Waals surface area contributed by atoms with Gasteiger partial charge in [0.2, 0.25) is 0 Å². The van der Waals surface area contributed by atoms with E-state index in [1.54, 1.807) is 13.8 Å². The fourth-order valence-electron chi connectivity index (χ4n) is 3.35. The minimum Gasteiger partial charge on any atom is -0.389 e. The molecule has 6 heteroatoms. The van der Waals surface area contributed by atoms with Crippen molar-refractivity contribution in [2.24, 2.45) is 5.41 Å². The Kier molecular flexibility index (Phi) is 7.75. The van der Waals surface area contributed by atoms with Gasteiger partial charge in [0.1, 0.15) is 11.7 Å². The molecule has 0 aliphatic rings. The van der Waals surface area contributed by atoms with Crippen LogP contribution in [0.4, 0.5) is 0 Å². The molecule has 0 aliphatic heterocycles. The van der Waals surface area contributed by atoms with E-state index in [4.69, 9.17) is 5.41 Å². The largest absolute Gasteiger partial charge is 0.389 e. The molecule has 0 spiro atoms. The molecule has 2 aromatic carbocycles. The Morgan fingerprint density at radius 2 is 1.79 bits per heavy atom. The Hall–Kier alpha value is -1.76. The van der Waals surface area contributed by atoms with Gasteiger partial charge in [0.25, 0.3) is 0 Å². The maximum absolute atomic E-state index is 12.0. The van der Waals surface area contributed by atoms with E-state index >= 15 is 0 Å². The number of benzene rings is 2. The molecule has 1 atom stereocenters. The van der Waals surface area contributed by atoms with Gasteiger partial charge in [0.05, 0.1) is 5.84 Å². The van der Waals surface area contributed by atoms with E-state index in [0.29, 0.717) is 12.4 Å². The van der Waals surface area contributed by atoms with Crippen molar-refractivity contribution in [3.63, 3.8) is 0 Å². The Morgan fingerprint density at radius 1 is 1.21 bits per heavy atom. The van der Waals surface area contributed by atoms with E-state index in [2.05, 4.69) is 58.5 Å². The minimum atomic E-state index is -0.793. The van der Waals surface area contributed by atoms with Gasteiger partial charge in [-0.3, -0.25) is 15.5 Å². The Morgan fingerprint density at radius 3 is 2.32 bits per heavy atom. The maximum atomic E-state index is 12.0. The fourth-order valence-corrected chi connectivity index (χ4v) is 3.75. The lowest BCUT2D eigenvalue weighted by atomic mass is 9.84. The molecular weight excluding hydrogens is 418 g/mol. The van der Waals surface area contributed by atoms with E-state index in [1.165, 1.54) is 16.3 Å². The molecule has 2 rings (SSSR count). The molecule has 5 nitrogen and oxygen atoms in total. The van der Waals surface area contributed by atoms with Gasteiger partial charge in [0.15, 0.2) is 5.78 Å². The zero-order valence-corrected chi connectivity index (χ0v) is 18.6. The highest BCUT2D eigenvalue weighted by atomic mass is 79.9. The van der Waals surface area contributed by atoms with Crippen LogP contribution in [0.2, 0.25) is 0 Å². The number of amidine groups is 1. The second-order valence-electron chi connectivity index (χ2n) is 7.62. The van der Waals surface area contributed by atoms with Crippen LogP contribution in [0.3, 0.4) is 0 Å². The lowest BCUT2D eigenvalue weighted by molar-refractivity contribution is -0.129. The van der Waals surface area contributed by atoms with Crippen molar-refractivity contribution in [2.45, 2.75) is 45.2 Å². The van der Waals surface area contributed by atoms with Crippen LogP contribution in [0.25, 0.3) is 10.8 Å². The molecule has 0 radical (unpaired) electrons. The van der Waals surface area contributed by atoms with Gasteiger partial charge in [-0.1, -0.05) is 57.2 Å². The zero-order chi connectivity index (χ0) is 20.9. The maximum Gasteiger partial charge on any atom is 0.164 e. The van der Waals surface area contributed by atoms with Crippen LogP contribution in [0.1, 0.15) is 38.3 Å². The number of nitrogens with zero attached hydrogens (tertiary/aromatic N) is 1. The Labute approximate surface area is 175 Å². The van der Waals surface area contributed by atoms with E-state index in [0.717, 1.165) is 12.0 Å². The van der Waals surface area contributed by atoms with Crippen LogP contribution < -0.4 is 5.32 Å². The van der Waals surface area contributed by atoms with Crippen LogP contribution in [-0.2, 0) is 17.8 Å². The van der Waals surface area contributed by atoms with E-state index in [-0.39, 0.29) is 17.3 Å². The molecular formula is C22H30BrN3O2. The highest BCUT2D eigenvalue weighted by Gasteiger charge is 2.31. The molecule has 0 saturated carbocycles. The van der Waals surface area contributed by atoms with Gasteiger partial charge in [-0.15, -0.1) is 0 Å². The fraction of sp³-hybridized carbons (Fsp3) is 0.455. The van der Waals surface area contributed by atoms with Gasteiger partial charge in [-0.25, -0.2) is 0 Å². The standard InChI is InChI=1S/C22H30BrN3O2/c1-5-15-10-11-16(18-9-7-6-8-17(15)18)13-26(21(23)25-4)20(24)12-22(2,3)19(28)14-27/h6-11,21,24-25,27H,5,12-14H2,1-4H3. The predicted molar refractivity (Wildman–Crippen MR) is 119 cm³/mol. The monoisotopic (exact) mass is 447 g/mol. The number of carbonyl (C=O) groups excluding carboxylic acids is 1. The number of aryl methyl sites for hydroxylation is 1. The molecule has 0 bridgehead atoms. The van der Waals surface area contributed by atoms with Gasteiger partial charge in [0, 0.05) is 18.4 Å². The number of aliphatic hydroxyl groups excluding tert-OH is 1. The molecule has 0 amide bonds.